The van der Waals surface area contributed by atoms with Crippen LogP contribution in [0.15, 0.2) is 24.3 Å². The summed E-state index contributed by atoms with van der Waals surface area (Å²) in [7, 11) is 0. The van der Waals surface area contributed by atoms with E-state index in [1.54, 1.807) is 31.2 Å². The molecule has 1 N–H and O–H groups in total. The third-order valence-corrected chi connectivity index (χ3v) is 4.14. The second-order valence-corrected chi connectivity index (χ2v) is 6.12. The van der Waals surface area contributed by atoms with E-state index < -0.39 is 11.9 Å². The van der Waals surface area contributed by atoms with Gasteiger partial charge in [0.2, 0.25) is 0 Å². The van der Waals surface area contributed by atoms with Crippen LogP contribution in [0.3, 0.4) is 0 Å². The van der Waals surface area contributed by atoms with Gasteiger partial charge in [-0.05, 0) is 43.5 Å². The Hall–Kier alpha value is -2.37. The molecule has 1 aliphatic heterocycles. The molecule has 1 amide bonds. The van der Waals surface area contributed by atoms with Crippen molar-refractivity contribution in [3.8, 4) is 5.75 Å². The van der Waals surface area contributed by atoms with E-state index in [9.17, 15) is 14.4 Å². The Kier molecular flexibility index (Phi) is 6.35. The van der Waals surface area contributed by atoms with Crippen LogP contribution in [0.2, 0.25) is 0 Å². The average molecular weight is 333 g/mol. The van der Waals surface area contributed by atoms with Crippen LogP contribution in [0.25, 0.3) is 0 Å². The number of carboxylic acid groups (broad SMARTS) is 1. The van der Waals surface area contributed by atoms with Gasteiger partial charge in [-0.1, -0.05) is 6.92 Å². The number of hydrogen-bond acceptors (Lipinski definition) is 4. The zero-order valence-corrected chi connectivity index (χ0v) is 13.9. The van der Waals surface area contributed by atoms with Gasteiger partial charge in [-0.15, -0.1) is 0 Å². The van der Waals surface area contributed by atoms with Gasteiger partial charge in [-0.2, -0.15) is 0 Å². The molecule has 1 fully saturated rings. The number of ketones is 1. The maximum Gasteiger partial charge on any atom is 0.304 e. The minimum absolute atomic E-state index is 0.0112. The minimum Gasteiger partial charge on any atom is -0.484 e. The number of carbonyl (C=O) groups excluding carboxylic acids is 2. The van der Waals surface area contributed by atoms with Crippen LogP contribution in [0.1, 0.15) is 43.0 Å². The van der Waals surface area contributed by atoms with Gasteiger partial charge in [0.1, 0.15) is 5.75 Å². The number of benzene rings is 1. The molecule has 24 heavy (non-hydrogen) atoms. The summed E-state index contributed by atoms with van der Waals surface area (Å²) in [6.07, 6.45) is 3.05. The van der Waals surface area contributed by atoms with E-state index in [4.69, 9.17) is 9.84 Å². The summed E-state index contributed by atoms with van der Waals surface area (Å²) < 4.78 is 5.48. The molecule has 1 aliphatic rings. The van der Waals surface area contributed by atoms with Gasteiger partial charge in [-0.3, -0.25) is 14.4 Å². The first-order valence-electron chi connectivity index (χ1n) is 8.24. The largest absolute Gasteiger partial charge is 0.484 e. The fourth-order valence-corrected chi connectivity index (χ4v) is 2.73. The molecule has 6 nitrogen and oxygen atoms in total. The Morgan fingerprint density at radius 3 is 2.33 bits per heavy atom. The molecule has 0 aliphatic carbocycles. The molecule has 0 aromatic heterocycles. The maximum absolute atomic E-state index is 12.1. The third kappa shape index (κ3) is 5.08. The molecule has 0 radical (unpaired) electrons. The third-order valence-electron chi connectivity index (χ3n) is 4.14. The zero-order chi connectivity index (χ0) is 17.5. The van der Waals surface area contributed by atoms with Crippen LogP contribution >= 0.6 is 0 Å². The number of hydrogen-bond donors (Lipinski definition) is 1. The van der Waals surface area contributed by atoms with Crippen molar-refractivity contribution in [3.63, 3.8) is 0 Å². The summed E-state index contributed by atoms with van der Waals surface area (Å²) in [5.74, 6) is -1.29. The molecule has 1 saturated heterocycles. The monoisotopic (exact) mass is 333 g/mol. The fraction of sp³-hybridized carbons (Fsp3) is 0.500. The first kappa shape index (κ1) is 18.0. The smallest absolute Gasteiger partial charge is 0.304 e. The van der Waals surface area contributed by atoms with Gasteiger partial charge in [0.05, 0.1) is 6.42 Å². The predicted molar refractivity (Wildman–Crippen MR) is 88.1 cm³/mol. The van der Waals surface area contributed by atoms with Crippen LogP contribution in [0.5, 0.6) is 5.75 Å². The van der Waals surface area contributed by atoms with Gasteiger partial charge >= 0.3 is 5.97 Å². The minimum atomic E-state index is -0.993. The van der Waals surface area contributed by atoms with Crippen LogP contribution in [0, 0.1) is 5.92 Å². The Labute approximate surface area is 141 Å². The van der Waals surface area contributed by atoms with Gasteiger partial charge in [0, 0.05) is 24.6 Å². The van der Waals surface area contributed by atoms with Gasteiger partial charge < -0.3 is 14.7 Å². The van der Waals surface area contributed by atoms with Crippen molar-refractivity contribution >= 4 is 17.7 Å². The topological polar surface area (TPSA) is 83.9 Å². The normalized spacial score (nSPS) is 15.6. The number of nitrogens with zero attached hydrogens (tertiary/aromatic N) is 1. The number of aliphatic carboxylic acids is 1. The second-order valence-electron chi connectivity index (χ2n) is 6.12. The van der Waals surface area contributed by atoms with Crippen molar-refractivity contribution in [3.05, 3.63) is 29.8 Å². The highest BCUT2D eigenvalue weighted by Crippen LogP contribution is 2.17. The molecule has 0 spiro atoms. The number of likely N-dealkylation sites (tertiary alicyclic amines) is 1. The average Bonchev–Trinajstić information content (AvgIpc) is 2.59. The molecular formula is C18H23NO5. The first-order valence-corrected chi connectivity index (χ1v) is 8.24. The van der Waals surface area contributed by atoms with E-state index in [1.165, 1.54) is 6.42 Å². The first-order chi connectivity index (χ1) is 11.5. The van der Waals surface area contributed by atoms with Crippen LogP contribution < -0.4 is 4.74 Å². The molecule has 1 aromatic rings. The van der Waals surface area contributed by atoms with E-state index in [0.717, 1.165) is 25.9 Å². The van der Waals surface area contributed by atoms with Gasteiger partial charge in [0.25, 0.3) is 5.91 Å². The fourth-order valence-electron chi connectivity index (χ4n) is 2.73. The molecule has 6 heteroatoms. The number of Topliss-reactive ketones (excluding diaryl/α,β-unsaturated/α-hetero) is 1. The summed E-state index contributed by atoms with van der Waals surface area (Å²) in [4.78, 5) is 36.6. The highest BCUT2D eigenvalue weighted by Gasteiger charge is 2.19. The number of rotatable bonds is 7. The SMILES string of the molecule is CC(CC(=O)O)C(=O)c1ccc(OCC(=O)N2CCCCC2)cc1. The second kappa shape index (κ2) is 8.47. The molecule has 1 atom stereocenters. The molecular weight excluding hydrogens is 310 g/mol. The standard InChI is InChI=1S/C18H23NO5/c1-13(11-17(21)22)18(23)14-5-7-15(8-6-14)24-12-16(20)19-9-3-2-4-10-19/h5-8,13H,2-4,9-12H2,1H3,(H,21,22). The Morgan fingerprint density at radius 2 is 1.75 bits per heavy atom. The quantitative estimate of drug-likeness (QED) is 0.775. The highest BCUT2D eigenvalue weighted by molar-refractivity contribution is 5.99. The van der Waals surface area contributed by atoms with E-state index in [2.05, 4.69) is 0 Å². The number of amides is 1. The molecule has 0 saturated carbocycles. The van der Waals surface area contributed by atoms with Gasteiger partial charge in [-0.25, -0.2) is 0 Å². The van der Waals surface area contributed by atoms with Crippen molar-refractivity contribution in [1.29, 1.82) is 0 Å². The van der Waals surface area contributed by atoms with E-state index in [1.807, 2.05) is 4.90 Å². The van der Waals surface area contributed by atoms with Crippen molar-refractivity contribution in [2.75, 3.05) is 19.7 Å². The number of carboxylic acids is 1. The number of piperidine rings is 1. The van der Waals surface area contributed by atoms with E-state index in [-0.39, 0.29) is 24.7 Å². The van der Waals surface area contributed by atoms with E-state index in [0.29, 0.717) is 11.3 Å². The summed E-state index contributed by atoms with van der Waals surface area (Å²) in [5.41, 5.74) is 0.443. The number of ether oxygens (including phenoxy) is 1. The summed E-state index contributed by atoms with van der Waals surface area (Å²) >= 11 is 0. The maximum atomic E-state index is 12.1. The molecule has 1 unspecified atom stereocenters. The molecule has 1 aromatic carbocycles. The molecule has 130 valence electrons. The Bertz CT molecular complexity index is 590. The summed E-state index contributed by atoms with van der Waals surface area (Å²) in [5, 5.41) is 8.75. The predicted octanol–water partition coefficient (Wildman–Crippen LogP) is 2.37. The summed E-state index contributed by atoms with van der Waals surface area (Å²) in [6.45, 7) is 3.16. The van der Waals surface area contributed by atoms with Crippen molar-refractivity contribution < 1.29 is 24.2 Å². The van der Waals surface area contributed by atoms with Crippen molar-refractivity contribution in [1.82, 2.24) is 4.90 Å². The summed E-state index contributed by atoms with van der Waals surface area (Å²) in [6, 6.07) is 6.46. The van der Waals surface area contributed by atoms with E-state index >= 15 is 0 Å². The zero-order valence-electron chi connectivity index (χ0n) is 13.9. The molecule has 2 rings (SSSR count). The lowest BCUT2D eigenvalue weighted by Gasteiger charge is -2.26. The van der Waals surface area contributed by atoms with Crippen LogP contribution in [0.4, 0.5) is 0 Å². The lowest BCUT2D eigenvalue weighted by molar-refractivity contribution is -0.137. The highest BCUT2D eigenvalue weighted by atomic mass is 16.5. The number of carbonyl (C=O) groups is 3. The molecule has 0 bridgehead atoms. The van der Waals surface area contributed by atoms with Crippen molar-refractivity contribution in [2.24, 2.45) is 5.92 Å². The lowest BCUT2D eigenvalue weighted by Crippen LogP contribution is -2.38. The molecule has 1 heterocycles. The Balaban J connectivity index is 1.86. The van der Waals surface area contributed by atoms with Crippen LogP contribution in [-0.4, -0.2) is 47.4 Å². The Morgan fingerprint density at radius 1 is 1.12 bits per heavy atom. The van der Waals surface area contributed by atoms with Crippen molar-refractivity contribution in [2.45, 2.75) is 32.6 Å². The van der Waals surface area contributed by atoms with Crippen LogP contribution in [-0.2, 0) is 9.59 Å². The lowest BCUT2D eigenvalue weighted by atomic mass is 9.96. The van der Waals surface area contributed by atoms with Gasteiger partial charge in [0.15, 0.2) is 12.4 Å².